The molecule has 0 spiro atoms. The zero-order chi connectivity index (χ0) is 27.9. The Morgan fingerprint density at radius 1 is 0.825 bits per heavy atom. The summed E-state index contributed by atoms with van der Waals surface area (Å²) < 4.78 is 24.8. The molecule has 0 saturated heterocycles. The van der Waals surface area contributed by atoms with E-state index in [2.05, 4.69) is 10.3 Å². The molecule has 0 radical (unpaired) electrons. The first-order valence-electron chi connectivity index (χ1n) is 12.6. The van der Waals surface area contributed by atoms with Crippen LogP contribution in [0.15, 0.2) is 103 Å². The molecular formula is C32H25FN2O5. The molecule has 0 aliphatic heterocycles. The number of carboxylic acids is 1. The first-order valence-corrected chi connectivity index (χ1v) is 12.6. The Kier molecular flexibility index (Phi) is 7.97. The zero-order valence-corrected chi connectivity index (χ0v) is 21.3. The highest BCUT2D eigenvalue weighted by molar-refractivity contribution is 6.01. The van der Waals surface area contributed by atoms with Crippen LogP contribution in [-0.4, -0.2) is 28.6 Å². The first-order chi connectivity index (χ1) is 19.4. The number of nitrogens with one attached hydrogen (secondary N) is 1. The van der Waals surface area contributed by atoms with Crippen molar-refractivity contribution in [3.63, 3.8) is 0 Å². The van der Waals surface area contributed by atoms with Gasteiger partial charge in [0.1, 0.15) is 17.3 Å². The molecule has 8 heteroatoms. The smallest absolute Gasteiger partial charge is 0.337 e. The number of para-hydroxylation sites is 1. The zero-order valence-electron chi connectivity index (χ0n) is 21.3. The van der Waals surface area contributed by atoms with Gasteiger partial charge in [0.15, 0.2) is 0 Å². The number of anilines is 1. The van der Waals surface area contributed by atoms with Crippen LogP contribution >= 0.6 is 0 Å². The highest BCUT2D eigenvalue weighted by atomic mass is 19.1. The van der Waals surface area contributed by atoms with E-state index in [9.17, 15) is 19.1 Å². The molecule has 4 aromatic carbocycles. The average Bonchev–Trinajstić information content (AvgIpc) is 2.95. The normalized spacial score (nSPS) is 10.7. The van der Waals surface area contributed by atoms with Crippen LogP contribution in [-0.2, 0) is 17.6 Å². The van der Waals surface area contributed by atoms with Gasteiger partial charge in [0.25, 0.3) is 0 Å². The number of carbonyl (C=O) groups is 2. The van der Waals surface area contributed by atoms with Crippen molar-refractivity contribution >= 4 is 28.3 Å². The summed E-state index contributed by atoms with van der Waals surface area (Å²) >= 11 is 0. The number of carbonyl (C=O) groups excluding carboxylic acids is 1. The summed E-state index contributed by atoms with van der Waals surface area (Å²) in [5.74, 6) is 0.0210. The summed E-state index contributed by atoms with van der Waals surface area (Å²) in [5.41, 5.74) is 1.94. The van der Waals surface area contributed by atoms with Gasteiger partial charge in [-0.25, -0.2) is 14.2 Å². The van der Waals surface area contributed by atoms with Crippen LogP contribution in [0.4, 0.5) is 10.1 Å². The number of fused-ring (bicyclic) bond motifs is 1. The van der Waals surface area contributed by atoms with Crippen molar-refractivity contribution in [1.82, 2.24) is 4.98 Å². The average molecular weight is 537 g/mol. The van der Waals surface area contributed by atoms with Gasteiger partial charge in [-0.05, 0) is 70.4 Å². The summed E-state index contributed by atoms with van der Waals surface area (Å²) in [7, 11) is 0. The number of nitrogens with zero attached hydrogens (tertiary/aromatic N) is 1. The van der Waals surface area contributed by atoms with Crippen LogP contribution in [0.2, 0.25) is 0 Å². The second kappa shape index (κ2) is 12.1. The number of halogens is 1. The number of ether oxygens (including phenoxy) is 2. The molecule has 1 aromatic heterocycles. The second-order valence-electron chi connectivity index (χ2n) is 9.08. The Labute approximate surface area is 229 Å². The quantitative estimate of drug-likeness (QED) is 0.207. The standard InChI is InChI=1S/C32H25FN2O5/c33-25-10-5-21(6-11-25)15-16-39-26-12-8-24-19-27(13-9-23(24)18-26)40-31-14-7-22(20-34-31)17-30(36)35-29-4-2-1-3-28(29)32(37)38/h1-14,18-20H,15-17H2,(H,35,36)(H,37,38). The van der Waals surface area contributed by atoms with Crippen LogP contribution in [0.25, 0.3) is 10.8 Å². The first kappa shape index (κ1) is 26.4. The minimum Gasteiger partial charge on any atom is -0.493 e. The van der Waals surface area contributed by atoms with Crippen LogP contribution in [0.5, 0.6) is 17.4 Å². The molecule has 1 heterocycles. The maximum Gasteiger partial charge on any atom is 0.337 e. The molecule has 5 aromatic rings. The minimum atomic E-state index is -1.11. The van der Waals surface area contributed by atoms with Gasteiger partial charge >= 0.3 is 5.97 Å². The van der Waals surface area contributed by atoms with Crippen LogP contribution in [0.1, 0.15) is 21.5 Å². The van der Waals surface area contributed by atoms with Crippen molar-refractivity contribution in [3.8, 4) is 17.4 Å². The number of hydrogen-bond acceptors (Lipinski definition) is 5. The molecule has 2 N–H and O–H groups in total. The molecule has 0 unspecified atom stereocenters. The van der Waals surface area contributed by atoms with Crippen molar-refractivity contribution in [3.05, 3.63) is 126 Å². The highest BCUT2D eigenvalue weighted by Crippen LogP contribution is 2.27. The van der Waals surface area contributed by atoms with Gasteiger partial charge in [-0.1, -0.05) is 42.5 Å². The largest absolute Gasteiger partial charge is 0.493 e. The SMILES string of the molecule is O=C(Cc1ccc(Oc2ccc3cc(OCCc4ccc(F)cc4)ccc3c2)nc1)Nc1ccccc1C(=O)O. The third-order valence-corrected chi connectivity index (χ3v) is 6.17. The number of hydrogen-bond donors (Lipinski definition) is 2. The molecule has 1 amide bonds. The summed E-state index contributed by atoms with van der Waals surface area (Å²) in [5, 5.41) is 13.9. The van der Waals surface area contributed by atoms with Gasteiger partial charge in [0.05, 0.1) is 24.3 Å². The van der Waals surface area contributed by atoms with E-state index < -0.39 is 5.97 Å². The topological polar surface area (TPSA) is 97.8 Å². The van der Waals surface area contributed by atoms with E-state index in [1.54, 1.807) is 48.7 Å². The van der Waals surface area contributed by atoms with E-state index in [0.29, 0.717) is 30.2 Å². The maximum absolute atomic E-state index is 13.1. The van der Waals surface area contributed by atoms with E-state index in [1.165, 1.54) is 18.2 Å². The molecule has 5 rings (SSSR count). The molecule has 0 saturated carbocycles. The van der Waals surface area contributed by atoms with E-state index in [0.717, 1.165) is 22.1 Å². The Morgan fingerprint density at radius 3 is 2.25 bits per heavy atom. The number of benzene rings is 4. The van der Waals surface area contributed by atoms with E-state index in [4.69, 9.17) is 9.47 Å². The Hall–Kier alpha value is -5.24. The lowest BCUT2D eigenvalue weighted by molar-refractivity contribution is -0.115. The maximum atomic E-state index is 13.1. The van der Waals surface area contributed by atoms with Crippen LogP contribution in [0.3, 0.4) is 0 Å². The number of amides is 1. The molecule has 0 atom stereocenters. The van der Waals surface area contributed by atoms with E-state index in [1.807, 2.05) is 36.4 Å². The Bertz CT molecular complexity index is 1650. The third-order valence-electron chi connectivity index (χ3n) is 6.17. The monoisotopic (exact) mass is 536 g/mol. The highest BCUT2D eigenvalue weighted by Gasteiger charge is 2.12. The second-order valence-corrected chi connectivity index (χ2v) is 9.08. The number of pyridine rings is 1. The van der Waals surface area contributed by atoms with Gasteiger partial charge in [-0.2, -0.15) is 0 Å². The van der Waals surface area contributed by atoms with Gasteiger partial charge in [-0.15, -0.1) is 0 Å². The number of aromatic nitrogens is 1. The number of aromatic carboxylic acids is 1. The molecule has 200 valence electrons. The molecule has 40 heavy (non-hydrogen) atoms. The van der Waals surface area contributed by atoms with Crippen molar-refractivity contribution < 1.29 is 28.6 Å². The predicted octanol–water partition coefficient (Wildman–Crippen LogP) is 6.67. The number of rotatable bonds is 10. The van der Waals surface area contributed by atoms with Crippen molar-refractivity contribution in [2.75, 3.05) is 11.9 Å². The summed E-state index contributed by atoms with van der Waals surface area (Å²) in [6.45, 7) is 0.483. The third kappa shape index (κ3) is 6.79. The summed E-state index contributed by atoms with van der Waals surface area (Å²) in [6.07, 6.45) is 2.26. The fraction of sp³-hybridized carbons (Fsp3) is 0.0938. The Morgan fingerprint density at radius 2 is 1.52 bits per heavy atom. The molecule has 0 aliphatic rings. The summed E-state index contributed by atoms with van der Waals surface area (Å²) in [6, 6.07) is 27.5. The fourth-order valence-corrected chi connectivity index (χ4v) is 4.15. The van der Waals surface area contributed by atoms with Gasteiger partial charge < -0.3 is 19.9 Å². The van der Waals surface area contributed by atoms with Gasteiger partial charge in [-0.3, -0.25) is 4.79 Å². The molecule has 7 nitrogen and oxygen atoms in total. The molecule has 0 fully saturated rings. The predicted molar refractivity (Wildman–Crippen MR) is 150 cm³/mol. The lowest BCUT2D eigenvalue weighted by Gasteiger charge is -2.10. The van der Waals surface area contributed by atoms with Crippen LogP contribution < -0.4 is 14.8 Å². The fourth-order valence-electron chi connectivity index (χ4n) is 4.15. The lowest BCUT2D eigenvalue weighted by Crippen LogP contribution is -2.16. The minimum absolute atomic E-state index is 0.0266. The van der Waals surface area contributed by atoms with E-state index in [-0.39, 0.29) is 29.4 Å². The molecular weight excluding hydrogens is 511 g/mol. The Balaban J connectivity index is 1.16. The van der Waals surface area contributed by atoms with Gasteiger partial charge in [0.2, 0.25) is 11.8 Å². The van der Waals surface area contributed by atoms with Gasteiger partial charge in [0, 0.05) is 18.7 Å². The number of carboxylic acid groups (broad SMARTS) is 1. The van der Waals surface area contributed by atoms with E-state index >= 15 is 0 Å². The molecule has 0 bridgehead atoms. The van der Waals surface area contributed by atoms with Crippen LogP contribution in [0, 0.1) is 5.82 Å². The molecule has 0 aliphatic carbocycles. The van der Waals surface area contributed by atoms with Crippen molar-refractivity contribution in [2.45, 2.75) is 12.8 Å². The van der Waals surface area contributed by atoms with Crippen molar-refractivity contribution in [2.24, 2.45) is 0 Å². The summed E-state index contributed by atoms with van der Waals surface area (Å²) in [4.78, 5) is 28.1. The lowest BCUT2D eigenvalue weighted by atomic mass is 10.1. The van der Waals surface area contributed by atoms with Crippen molar-refractivity contribution in [1.29, 1.82) is 0 Å².